The quantitative estimate of drug-likeness (QED) is 0.565. The zero-order chi connectivity index (χ0) is 8.04. The molecular formula is C5H13NO3S. The molecule has 0 amide bonds. The van der Waals surface area contributed by atoms with Gasteiger partial charge in [-0.15, -0.1) is 0 Å². The van der Waals surface area contributed by atoms with Crippen molar-refractivity contribution in [3.05, 3.63) is 0 Å². The van der Waals surface area contributed by atoms with Crippen molar-refractivity contribution in [1.82, 2.24) is 4.72 Å². The SMILES string of the molecule is CCS(=O)(=O)NCCOC. The number of ether oxygens (including phenoxy) is 1. The van der Waals surface area contributed by atoms with Crippen molar-refractivity contribution >= 4 is 10.0 Å². The van der Waals surface area contributed by atoms with Gasteiger partial charge in [0.1, 0.15) is 0 Å². The first-order valence-electron chi connectivity index (χ1n) is 3.08. The van der Waals surface area contributed by atoms with Crippen LogP contribution in [-0.2, 0) is 14.8 Å². The van der Waals surface area contributed by atoms with Crippen molar-refractivity contribution in [3.63, 3.8) is 0 Å². The van der Waals surface area contributed by atoms with Crippen molar-refractivity contribution in [2.75, 3.05) is 26.0 Å². The Morgan fingerprint density at radius 1 is 1.50 bits per heavy atom. The van der Waals surface area contributed by atoms with Crippen LogP contribution in [0.2, 0.25) is 0 Å². The minimum atomic E-state index is -3.02. The van der Waals surface area contributed by atoms with Gasteiger partial charge in [-0.05, 0) is 6.92 Å². The fourth-order valence-electron chi connectivity index (χ4n) is 0.401. The average molecular weight is 167 g/mol. The predicted molar refractivity (Wildman–Crippen MR) is 39.3 cm³/mol. The standard InChI is InChI=1S/C5H13NO3S/c1-3-10(7,8)6-4-5-9-2/h6H,3-5H2,1-2H3. The van der Waals surface area contributed by atoms with Crippen LogP contribution >= 0.6 is 0 Å². The topological polar surface area (TPSA) is 55.4 Å². The molecule has 0 aliphatic heterocycles. The summed E-state index contributed by atoms with van der Waals surface area (Å²) in [4.78, 5) is 0. The van der Waals surface area contributed by atoms with Gasteiger partial charge in [-0.1, -0.05) is 0 Å². The summed E-state index contributed by atoms with van der Waals surface area (Å²) in [5.74, 6) is 0.122. The average Bonchev–Trinajstić information content (AvgIpc) is 1.89. The van der Waals surface area contributed by atoms with Crippen LogP contribution < -0.4 is 4.72 Å². The van der Waals surface area contributed by atoms with Gasteiger partial charge >= 0.3 is 0 Å². The van der Waals surface area contributed by atoms with Gasteiger partial charge in [0, 0.05) is 13.7 Å². The first-order valence-corrected chi connectivity index (χ1v) is 4.74. The summed E-state index contributed by atoms with van der Waals surface area (Å²) >= 11 is 0. The minimum absolute atomic E-state index is 0.122. The highest BCUT2D eigenvalue weighted by Gasteiger charge is 2.03. The van der Waals surface area contributed by atoms with E-state index in [2.05, 4.69) is 9.46 Å². The van der Waals surface area contributed by atoms with E-state index in [9.17, 15) is 8.42 Å². The lowest BCUT2D eigenvalue weighted by Gasteiger charge is -2.01. The molecule has 0 aliphatic rings. The lowest BCUT2D eigenvalue weighted by molar-refractivity contribution is 0.204. The molecule has 0 spiro atoms. The van der Waals surface area contributed by atoms with E-state index in [1.807, 2.05) is 0 Å². The summed E-state index contributed by atoms with van der Waals surface area (Å²) in [6.07, 6.45) is 0. The lowest BCUT2D eigenvalue weighted by Crippen LogP contribution is -2.28. The summed E-state index contributed by atoms with van der Waals surface area (Å²) in [5.41, 5.74) is 0. The Morgan fingerprint density at radius 3 is 2.50 bits per heavy atom. The summed E-state index contributed by atoms with van der Waals surface area (Å²) in [6, 6.07) is 0. The lowest BCUT2D eigenvalue weighted by atomic mass is 10.7. The second kappa shape index (κ2) is 4.65. The number of sulfonamides is 1. The Hall–Kier alpha value is -0.130. The zero-order valence-corrected chi connectivity index (χ0v) is 7.07. The third-order valence-electron chi connectivity index (χ3n) is 1.01. The molecule has 4 nitrogen and oxygen atoms in total. The number of rotatable bonds is 5. The number of methoxy groups -OCH3 is 1. The summed E-state index contributed by atoms with van der Waals surface area (Å²) in [6.45, 7) is 2.36. The van der Waals surface area contributed by atoms with E-state index in [-0.39, 0.29) is 5.75 Å². The van der Waals surface area contributed by atoms with Crippen LogP contribution in [0.5, 0.6) is 0 Å². The summed E-state index contributed by atoms with van der Waals surface area (Å²) in [7, 11) is -1.49. The molecule has 0 atom stereocenters. The predicted octanol–water partition coefficient (Wildman–Crippen LogP) is -0.428. The number of nitrogens with one attached hydrogen (secondary N) is 1. The van der Waals surface area contributed by atoms with Gasteiger partial charge in [0.2, 0.25) is 10.0 Å². The summed E-state index contributed by atoms with van der Waals surface area (Å²) < 4.78 is 28.4. The van der Waals surface area contributed by atoms with Crippen molar-refractivity contribution < 1.29 is 13.2 Å². The van der Waals surface area contributed by atoms with Gasteiger partial charge in [-0.25, -0.2) is 13.1 Å². The molecular weight excluding hydrogens is 154 g/mol. The van der Waals surface area contributed by atoms with Crippen LogP contribution in [0.15, 0.2) is 0 Å². The fraction of sp³-hybridized carbons (Fsp3) is 1.00. The molecule has 0 aromatic heterocycles. The molecule has 0 unspecified atom stereocenters. The number of hydrogen-bond donors (Lipinski definition) is 1. The van der Waals surface area contributed by atoms with Gasteiger partial charge in [0.05, 0.1) is 12.4 Å². The largest absolute Gasteiger partial charge is 0.383 e. The van der Waals surface area contributed by atoms with E-state index >= 15 is 0 Å². The molecule has 10 heavy (non-hydrogen) atoms. The Morgan fingerprint density at radius 2 is 2.10 bits per heavy atom. The Labute approximate surface area is 61.6 Å². The Bertz CT molecular complexity index is 164. The van der Waals surface area contributed by atoms with Crippen molar-refractivity contribution in [1.29, 1.82) is 0 Å². The zero-order valence-electron chi connectivity index (χ0n) is 6.25. The van der Waals surface area contributed by atoms with Crippen LogP contribution in [0.3, 0.4) is 0 Å². The van der Waals surface area contributed by atoms with Gasteiger partial charge in [0.15, 0.2) is 0 Å². The molecule has 0 fully saturated rings. The maximum atomic E-state index is 10.7. The molecule has 0 bridgehead atoms. The third kappa shape index (κ3) is 4.72. The molecule has 62 valence electrons. The van der Waals surface area contributed by atoms with E-state index in [1.54, 1.807) is 6.92 Å². The second-order valence-electron chi connectivity index (χ2n) is 1.79. The first-order chi connectivity index (χ1) is 4.62. The van der Waals surface area contributed by atoms with E-state index < -0.39 is 10.0 Å². The molecule has 0 aliphatic carbocycles. The molecule has 0 rings (SSSR count). The Kier molecular flexibility index (Phi) is 4.59. The van der Waals surface area contributed by atoms with Crippen LogP contribution in [0.4, 0.5) is 0 Å². The third-order valence-corrected chi connectivity index (χ3v) is 2.41. The smallest absolute Gasteiger partial charge is 0.211 e. The van der Waals surface area contributed by atoms with Crippen LogP contribution in [0, 0.1) is 0 Å². The van der Waals surface area contributed by atoms with E-state index in [0.29, 0.717) is 13.2 Å². The van der Waals surface area contributed by atoms with Crippen molar-refractivity contribution in [2.45, 2.75) is 6.92 Å². The second-order valence-corrected chi connectivity index (χ2v) is 3.89. The normalized spacial score (nSPS) is 11.8. The monoisotopic (exact) mass is 167 g/mol. The molecule has 0 heterocycles. The molecule has 1 N–H and O–H groups in total. The fourth-order valence-corrected chi connectivity index (χ4v) is 1.000. The summed E-state index contributed by atoms with van der Waals surface area (Å²) in [5, 5.41) is 0. The highest BCUT2D eigenvalue weighted by Crippen LogP contribution is 1.80. The first kappa shape index (κ1) is 9.87. The van der Waals surface area contributed by atoms with Gasteiger partial charge in [-0.2, -0.15) is 0 Å². The van der Waals surface area contributed by atoms with Gasteiger partial charge in [-0.3, -0.25) is 0 Å². The van der Waals surface area contributed by atoms with Crippen LogP contribution in [0.25, 0.3) is 0 Å². The Balaban J connectivity index is 3.49. The van der Waals surface area contributed by atoms with Gasteiger partial charge in [0.25, 0.3) is 0 Å². The van der Waals surface area contributed by atoms with Crippen LogP contribution in [0.1, 0.15) is 6.92 Å². The molecule has 0 saturated heterocycles. The molecule has 5 heteroatoms. The molecule has 0 radical (unpaired) electrons. The van der Waals surface area contributed by atoms with Crippen molar-refractivity contribution in [3.8, 4) is 0 Å². The maximum Gasteiger partial charge on any atom is 0.211 e. The highest BCUT2D eigenvalue weighted by molar-refractivity contribution is 7.89. The van der Waals surface area contributed by atoms with E-state index in [0.717, 1.165) is 0 Å². The molecule has 0 saturated carbocycles. The van der Waals surface area contributed by atoms with Crippen LogP contribution in [-0.4, -0.2) is 34.4 Å². The van der Waals surface area contributed by atoms with Gasteiger partial charge < -0.3 is 4.74 Å². The van der Waals surface area contributed by atoms with E-state index in [1.165, 1.54) is 7.11 Å². The van der Waals surface area contributed by atoms with Crippen molar-refractivity contribution in [2.24, 2.45) is 0 Å². The molecule has 0 aromatic carbocycles. The number of hydrogen-bond acceptors (Lipinski definition) is 3. The maximum absolute atomic E-state index is 10.7. The molecule has 0 aromatic rings. The highest BCUT2D eigenvalue weighted by atomic mass is 32.2. The van der Waals surface area contributed by atoms with E-state index in [4.69, 9.17) is 0 Å². The minimum Gasteiger partial charge on any atom is -0.383 e.